The predicted molar refractivity (Wildman–Crippen MR) is 117 cm³/mol. The predicted octanol–water partition coefficient (Wildman–Crippen LogP) is 4.33. The van der Waals surface area contributed by atoms with Gasteiger partial charge in [0.25, 0.3) is 5.91 Å². The molecule has 1 heterocycles. The number of amides is 1. The van der Waals surface area contributed by atoms with Gasteiger partial charge in [-0.3, -0.25) is 9.78 Å². The van der Waals surface area contributed by atoms with Crippen molar-refractivity contribution in [2.24, 2.45) is 0 Å². The van der Waals surface area contributed by atoms with Crippen molar-refractivity contribution in [3.05, 3.63) is 65.5 Å². The quantitative estimate of drug-likeness (QED) is 0.670. The highest BCUT2D eigenvalue weighted by atomic mass is 19.4. The first kappa shape index (κ1) is 23.7. The zero-order valence-electron chi connectivity index (χ0n) is 18.6. The summed E-state index contributed by atoms with van der Waals surface area (Å²) < 4.78 is 39.4. The van der Waals surface area contributed by atoms with E-state index in [2.05, 4.69) is 4.98 Å². The Bertz CT molecular complexity index is 965. The summed E-state index contributed by atoms with van der Waals surface area (Å²) in [6.45, 7) is 0.724. The summed E-state index contributed by atoms with van der Waals surface area (Å²) in [5, 5.41) is 20.1. The summed E-state index contributed by atoms with van der Waals surface area (Å²) in [6.07, 6.45) is 3.43. The molecule has 1 amide bonds. The third kappa shape index (κ3) is 4.51. The van der Waals surface area contributed by atoms with Gasteiger partial charge in [-0.2, -0.15) is 13.2 Å². The van der Waals surface area contributed by atoms with E-state index in [1.165, 1.54) is 24.3 Å². The normalized spacial score (nSPS) is 25.3. The van der Waals surface area contributed by atoms with Crippen molar-refractivity contribution in [1.82, 2.24) is 9.88 Å². The number of rotatable bonds is 6. The summed E-state index contributed by atoms with van der Waals surface area (Å²) in [5.41, 5.74) is -2.33. The van der Waals surface area contributed by atoms with Crippen LogP contribution < -0.4 is 0 Å². The van der Waals surface area contributed by atoms with Crippen LogP contribution in [0.1, 0.15) is 66.9 Å². The average Bonchev–Trinajstić information content (AvgIpc) is 3.65. The van der Waals surface area contributed by atoms with Gasteiger partial charge in [-0.05, 0) is 74.8 Å². The summed E-state index contributed by atoms with van der Waals surface area (Å²) >= 11 is 0. The monoisotopic (exact) mass is 462 g/mol. The van der Waals surface area contributed by atoms with E-state index >= 15 is 0 Å². The highest BCUT2D eigenvalue weighted by molar-refractivity contribution is 5.95. The number of halogens is 3. The number of aromatic nitrogens is 1. The lowest BCUT2D eigenvalue weighted by molar-refractivity contribution is -0.258. The van der Waals surface area contributed by atoms with Crippen molar-refractivity contribution in [1.29, 1.82) is 0 Å². The van der Waals surface area contributed by atoms with Crippen LogP contribution in [-0.4, -0.2) is 50.9 Å². The lowest BCUT2D eigenvalue weighted by Crippen LogP contribution is -2.47. The number of carbonyl (C=O) groups is 1. The fraction of sp³-hybridized carbons (Fsp3) is 0.520. The van der Waals surface area contributed by atoms with Gasteiger partial charge in [-0.15, -0.1) is 0 Å². The zero-order valence-corrected chi connectivity index (χ0v) is 18.6. The Kier molecular flexibility index (Phi) is 6.26. The minimum atomic E-state index is -4.81. The second kappa shape index (κ2) is 8.72. The van der Waals surface area contributed by atoms with E-state index in [0.717, 1.165) is 44.1 Å². The van der Waals surface area contributed by atoms with Crippen LogP contribution >= 0.6 is 0 Å². The average molecular weight is 463 g/mol. The number of hydrogen-bond acceptors (Lipinski definition) is 4. The minimum Gasteiger partial charge on any atom is -0.395 e. The van der Waals surface area contributed by atoms with E-state index in [-0.39, 0.29) is 35.6 Å². The van der Waals surface area contributed by atoms with E-state index in [1.807, 2.05) is 17.0 Å². The maximum Gasteiger partial charge on any atom is 0.421 e. The Labute approximate surface area is 191 Å². The number of alkyl halides is 3. The molecule has 0 aliphatic heterocycles. The second-order valence-corrected chi connectivity index (χ2v) is 9.50. The van der Waals surface area contributed by atoms with Crippen LogP contribution in [0.5, 0.6) is 0 Å². The lowest BCUT2D eigenvalue weighted by atomic mass is 9.69. The van der Waals surface area contributed by atoms with Gasteiger partial charge >= 0.3 is 6.18 Å². The summed E-state index contributed by atoms with van der Waals surface area (Å²) in [6, 6.07) is 9.06. The van der Waals surface area contributed by atoms with Gasteiger partial charge in [0.15, 0.2) is 5.60 Å². The molecule has 2 aliphatic rings. The van der Waals surface area contributed by atoms with E-state index in [4.69, 9.17) is 0 Å². The van der Waals surface area contributed by atoms with Crippen molar-refractivity contribution in [2.75, 3.05) is 6.61 Å². The summed E-state index contributed by atoms with van der Waals surface area (Å²) in [5.74, 6) is -0.196. The van der Waals surface area contributed by atoms with Crippen LogP contribution in [0.2, 0.25) is 0 Å². The number of hydrogen-bond donors (Lipinski definition) is 2. The Morgan fingerprint density at radius 2 is 1.70 bits per heavy atom. The molecule has 0 radical (unpaired) electrons. The molecular formula is C25H29F3N2O3. The highest BCUT2D eigenvalue weighted by Crippen LogP contribution is 2.43. The van der Waals surface area contributed by atoms with Crippen LogP contribution in [0, 0.1) is 0 Å². The number of carbonyl (C=O) groups excluding carboxylic acids is 1. The largest absolute Gasteiger partial charge is 0.421 e. The number of aliphatic hydroxyl groups is 2. The molecule has 0 spiro atoms. The smallest absolute Gasteiger partial charge is 0.395 e. The molecule has 33 heavy (non-hydrogen) atoms. The molecule has 0 unspecified atom stereocenters. The maximum atomic E-state index is 13.4. The molecule has 5 nitrogen and oxygen atoms in total. The fourth-order valence-electron chi connectivity index (χ4n) is 4.88. The first-order valence-corrected chi connectivity index (χ1v) is 11.3. The zero-order chi connectivity index (χ0) is 23.9. The third-order valence-electron chi connectivity index (χ3n) is 7.30. The third-order valence-corrected chi connectivity index (χ3v) is 7.30. The Balaban J connectivity index is 1.50. The Morgan fingerprint density at radius 3 is 2.18 bits per heavy atom. The van der Waals surface area contributed by atoms with Crippen molar-refractivity contribution < 1.29 is 28.2 Å². The molecule has 2 saturated carbocycles. The van der Waals surface area contributed by atoms with Crippen LogP contribution in [0.15, 0.2) is 48.8 Å². The van der Waals surface area contributed by atoms with Gasteiger partial charge in [0.1, 0.15) is 0 Å². The van der Waals surface area contributed by atoms with Crippen molar-refractivity contribution >= 4 is 5.91 Å². The molecule has 2 N–H and O–H groups in total. The molecular weight excluding hydrogens is 433 g/mol. The highest BCUT2D eigenvalue weighted by Gasteiger charge is 2.51. The second-order valence-electron chi connectivity index (χ2n) is 9.50. The van der Waals surface area contributed by atoms with Gasteiger partial charge in [0.05, 0.1) is 6.61 Å². The van der Waals surface area contributed by atoms with Crippen LogP contribution in [0.3, 0.4) is 0 Å². The minimum absolute atomic E-state index is 0.0132. The molecule has 4 rings (SSSR count). The fourth-order valence-corrected chi connectivity index (χ4v) is 4.88. The van der Waals surface area contributed by atoms with E-state index < -0.39 is 11.8 Å². The molecule has 1 aromatic carbocycles. The molecule has 1 atom stereocenters. The number of benzene rings is 1. The van der Waals surface area contributed by atoms with Crippen LogP contribution in [0.4, 0.5) is 13.2 Å². The molecule has 0 bridgehead atoms. The number of aliphatic hydroxyl groups excluding tert-OH is 1. The first-order valence-electron chi connectivity index (χ1n) is 11.3. The Morgan fingerprint density at radius 1 is 1.09 bits per heavy atom. The summed E-state index contributed by atoms with van der Waals surface area (Å²) in [4.78, 5) is 19.4. The van der Waals surface area contributed by atoms with Crippen LogP contribution in [0.25, 0.3) is 0 Å². The molecule has 178 valence electrons. The summed E-state index contributed by atoms with van der Waals surface area (Å²) in [7, 11) is 0. The van der Waals surface area contributed by atoms with Crippen molar-refractivity contribution in [3.63, 3.8) is 0 Å². The molecule has 1 aromatic heterocycles. The number of nitrogens with zero attached hydrogens (tertiary/aromatic N) is 2. The van der Waals surface area contributed by atoms with Gasteiger partial charge in [0, 0.05) is 35.5 Å². The molecule has 0 saturated heterocycles. The van der Waals surface area contributed by atoms with Crippen LogP contribution in [-0.2, 0) is 11.0 Å². The van der Waals surface area contributed by atoms with E-state index in [0.29, 0.717) is 12.5 Å². The van der Waals surface area contributed by atoms with Gasteiger partial charge in [0.2, 0.25) is 0 Å². The maximum absolute atomic E-state index is 13.4. The molecule has 2 aliphatic carbocycles. The SMILES string of the molecule is C[C@](O)(c1ccc(C(=O)N(C2CC2)[C@H]2CC[C@](CO)(c3cccnc3)CC2)cc1)C(F)(F)F. The first-order chi connectivity index (χ1) is 15.6. The van der Waals surface area contributed by atoms with Gasteiger partial charge in [-0.1, -0.05) is 18.2 Å². The number of pyridine rings is 1. The van der Waals surface area contributed by atoms with Crippen molar-refractivity contribution in [2.45, 2.75) is 74.7 Å². The van der Waals surface area contributed by atoms with E-state index in [9.17, 15) is 28.2 Å². The molecule has 2 aromatic rings. The topological polar surface area (TPSA) is 73.7 Å². The molecule has 8 heteroatoms. The van der Waals surface area contributed by atoms with Crippen molar-refractivity contribution in [3.8, 4) is 0 Å². The van der Waals surface area contributed by atoms with Gasteiger partial charge < -0.3 is 15.1 Å². The molecule has 2 fully saturated rings. The standard InChI is InChI=1S/C25H29F3N2O3/c1-23(33,25(26,27)28)18-6-4-17(5-7-18)22(32)30(20-8-9-20)21-10-12-24(16-31,13-11-21)19-3-2-14-29-15-19/h2-7,14-15,20-21,31,33H,8-13,16H2,1H3/t21-,23-,24-/m0/s1. The lowest BCUT2D eigenvalue weighted by Gasteiger charge is -2.43. The van der Waals surface area contributed by atoms with E-state index in [1.54, 1.807) is 12.4 Å². The van der Waals surface area contributed by atoms with Gasteiger partial charge in [-0.25, -0.2) is 0 Å². The Hall–Kier alpha value is -2.45.